The number of terminal acetylenes is 1. The van der Waals surface area contributed by atoms with E-state index < -0.39 is 10.0 Å². The topological polar surface area (TPSA) is 89.3 Å². The van der Waals surface area contributed by atoms with Gasteiger partial charge in [0.2, 0.25) is 15.9 Å². The van der Waals surface area contributed by atoms with Gasteiger partial charge in [0.25, 0.3) is 0 Å². The van der Waals surface area contributed by atoms with E-state index in [4.69, 9.17) is 11.6 Å². The average Bonchev–Trinajstić information content (AvgIpc) is 2.33. The molecule has 0 unspecified atom stereocenters. The lowest BCUT2D eigenvalue weighted by atomic mass is 10.2. The SMILES string of the molecule is C#CCCC(=O)NCc1ccc(S(N)(=O)=O)cc1. The van der Waals surface area contributed by atoms with Gasteiger partial charge in [-0.05, 0) is 17.7 Å². The first-order valence-corrected chi connectivity index (χ1v) is 6.80. The molecule has 0 aliphatic rings. The molecule has 96 valence electrons. The molecule has 0 aliphatic carbocycles. The predicted octanol–water partition coefficient (Wildman–Crippen LogP) is 0.364. The predicted molar refractivity (Wildman–Crippen MR) is 67.7 cm³/mol. The lowest BCUT2D eigenvalue weighted by Gasteiger charge is -2.05. The van der Waals surface area contributed by atoms with Crippen LogP contribution in [-0.2, 0) is 21.4 Å². The van der Waals surface area contributed by atoms with Crippen LogP contribution in [0.1, 0.15) is 18.4 Å². The lowest BCUT2D eigenvalue weighted by molar-refractivity contribution is -0.121. The van der Waals surface area contributed by atoms with Crippen LogP contribution in [0.5, 0.6) is 0 Å². The second-order valence-electron chi connectivity index (χ2n) is 3.67. The zero-order valence-corrected chi connectivity index (χ0v) is 10.5. The summed E-state index contributed by atoms with van der Waals surface area (Å²) in [7, 11) is -3.67. The van der Waals surface area contributed by atoms with Crippen molar-refractivity contribution in [3.63, 3.8) is 0 Å². The highest BCUT2D eigenvalue weighted by atomic mass is 32.2. The third-order valence-electron chi connectivity index (χ3n) is 2.24. The van der Waals surface area contributed by atoms with Crippen LogP contribution in [0, 0.1) is 12.3 Å². The Morgan fingerprint density at radius 2 is 1.94 bits per heavy atom. The van der Waals surface area contributed by atoms with E-state index in [1.807, 2.05) is 0 Å². The van der Waals surface area contributed by atoms with Crippen LogP contribution < -0.4 is 10.5 Å². The highest BCUT2D eigenvalue weighted by Crippen LogP contribution is 2.08. The van der Waals surface area contributed by atoms with E-state index in [9.17, 15) is 13.2 Å². The Bertz CT molecular complexity index is 556. The Hall–Kier alpha value is -1.84. The average molecular weight is 266 g/mol. The van der Waals surface area contributed by atoms with Crippen LogP contribution in [0.4, 0.5) is 0 Å². The molecule has 0 aromatic heterocycles. The van der Waals surface area contributed by atoms with Gasteiger partial charge in [-0.2, -0.15) is 0 Å². The summed E-state index contributed by atoms with van der Waals surface area (Å²) in [5.74, 6) is 2.24. The van der Waals surface area contributed by atoms with E-state index in [0.29, 0.717) is 13.0 Å². The smallest absolute Gasteiger partial charge is 0.238 e. The number of hydrogen-bond donors (Lipinski definition) is 2. The maximum atomic E-state index is 11.3. The van der Waals surface area contributed by atoms with Crippen LogP contribution >= 0.6 is 0 Å². The Balaban J connectivity index is 2.55. The van der Waals surface area contributed by atoms with Gasteiger partial charge in [-0.1, -0.05) is 12.1 Å². The van der Waals surface area contributed by atoms with Crippen molar-refractivity contribution in [3.8, 4) is 12.3 Å². The van der Waals surface area contributed by atoms with Crippen molar-refractivity contribution in [1.29, 1.82) is 0 Å². The molecule has 0 heterocycles. The fourth-order valence-electron chi connectivity index (χ4n) is 1.27. The molecule has 1 aromatic rings. The van der Waals surface area contributed by atoms with Gasteiger partial charge in [0.1, 0.15) is 0 Å². The van der Waals surface area contributed by atoms with E-state index in [1.165, 1.54) is 12.1 Å². The highest BCUT2D eigenvalue weighted by molar-refractivity contribution is 7.89. The molecule has 1 rings (SSSR count). The number of rotatable bonds is 5. The van der Waals surface area contributed by atoms with Gasteiger partial charge < -0.3 is 5.32 Å². The number of nitrogens with one attached hydrogen (secondary N) is 1. The summed E-state index contributed by atoms with van der Waals surface area (Å²) in [4.78, 5) is 11.3. The van der Waals surface area contributed by atoms with Crippen molar-refractivity contribution in [2.45, 2.75) is 24.3 Å². The molecule has 5 nitrogen and oxygen atoms in total. The summed E-state index contributed by atoms with van der Waals surface area (Å²) in [5, 5.41) is 7.64. The molecule has 0 bridgehead atoms. The van der Waals surface area contributed by atoms with Crippen LogP contribution in [0.25, 0.3) is 0 Å². The van der Waals surface area contributed by atoms with Gasteiger partial charge >= 0.3 is 0 Å². The molecule has 1 aromatic carbocycles. The van der Waals surface area contributed by atoms with Gasteiger partial charge in [-0.25, -0.2) is 13.6 Å². The third-order valence-corrected chi connectivity index (χ3v) is 3.17. The summed E-state index contributed by atoms with van der Waals surface area (Å²) in [6.45, 7) is 0.328. The van der Waals surface area contributed by atoms with Crippen molar-refractivity contribution in [3.05, 3.63) is 29.8 Å². The fraction of sp³-hybridized carbons (Fsp3) is 0.250. The molecule has 0 aliphatic heterocycles. The second kappa shape index (κ2) is 6.19. The maximum Gasteiger partial charge on any atom is 0.238 e. The van der Waals surface area contributed by atoms with Gasteiger partial charge in [0.05, 0.1) is 4.90 Å². The van der Waals surface area contributed by atoms with Crippen molar-refractivity contribution >= 4 is 15.9 Å². The summed E-state index contributed by atoms with van der Waals surface area (Å²) in [6.07, 6.45) is 5.73. The minimum absolute atomic E-state index is 0.0462. The number of amides is 1. The minimum atomic E-state index is -3.67. The van der Waals surface area contributed by atoms with Crippen LogP contribution in [0.3, 0.4) is 0 Å². The Morgan fingerprint density at radius 1 is 1.33 bits per heavy atom. The number of hydrogen-bond acceptors (Lipinski definition) is 3. The van der Waals surface area contributed by atoms with Gasteiger partial charge in [-0.3, -0.25) is 4.79 Å². The molecule has 1 amide bonds. The molecule has 0 fully saturated rings. The normalized spacial score (nSPS) is 10.7. The Morgan fingerprint density at radius 3 is 2.44 bits per heavy atom. The zero-order valence-electron chi connectivity index (χ0n) is 9.72. The summed E-state index contributed by atoms with van der Waals surface area (Å²) < 4.78 is 22.0. The number of sulfonamides is 1. The van der Waals surface area contributed by atoms with Gasteiger partial charge in [0, 0.05) is 19.4 Å². The Kier molecular flexibility index (Phi) is 4.89. The van der Waals surface area contributed by atoms with Gasteiger partial charge in [-0.15, -0.1) is 12.3 Å². The monoisotopic (exact) mass is 266 g/mol. The molecule has 0 saturated heterocycles. The molecule has 0 saturated carbocycles. The maximum absolute atomic E-state index is 11.3. The zero-order chi connectivity index (χ0) is 13.6. The van der Waals surface area contributed by atoms with Crippen LogP contribution in [0.2, 0.25) is 0 Å². The highest BCUT2D eigenvalue weighted by Gasteiger charge is 2.07. The first-order valence-electron chi connectivity index (χ1n) is 5.25. The Labute approximate surface area is 106 Å². The molecular formula is C12H14N2O3S. The molecule has 18 heavy (non-hydrogen) atoms. The van der Waals surface area contributed by atoms with E-state index >= 15 is 0 Å². The van der Waals surface area contributed by atoms with E-state index in [1.54, 1.807) is 12.1 Å². The molecule has 3 N–H and O–H groups in total. The van der Waals surface area contributed by atoms with Crippen LogP contribution in [-0.4, -0.2) is 14.3 Å². The van der Waals surface area contributed by atoms with Crippen molar-refractivity contribution in [2.24, 2.45) is 5.14 Å². The molecule has 0 atom stereocenters. The second-order valence-corrected chi connectivity index (χ2v) is 5.23. The number of primary sulfonamides is 1. The van der Waals surface area contributed by atoms with Crippen molar-refractivity contribution in [1.82, 2.24) is 5.32 Å². The minimum Gasteiger partial charge on any atom is -0.352 e. The molecule has 6 heteroatoms. The number of carbonyl (C=O) groups excluding carboxylic acids is 1. The number of carbonyl (C=O) groups is 1. The molecule has 0 spiro atoms. The largest absolute Gasteiger partial charge is 0.352 e. The van der Waals surface area contributed by atoms with Crippen molar-refractivity contribution in [2.75, 3.05) is 0 Å². The molecule has 0 radical (unpaired) electrons. The van der Waals surface area contributed by atoms with Crippen LogP contribution in [0.15, 0.2) is 29.2 Å². The van der Waals surface area contributed by atoms with E-state index in [-0.39, 0.29) is 17.2 Å². The van der Waals surface area contributed by atoms with E-state index in [0.717, 1.165) is 5.56 Å². The summed E-state index contributed by atoms with van der Waals surface area (Å²) >= 11 is 0. The first kappa shape index (κ1) is 14.2. The van der Waals surface area contributed by atoms with Crippen molar-refractivity contribution < 1.29 is 13.2 Å². The summed E-state index contributed by atoms with van der Waals surface area (Å²) in [5.41, 5.74) is 0.788. The first-order chi connectivity index (χ1) is 8.43. The summed E-state index contributed by atoms with van der Waals surface area (Å²) in [6, 6.07) is 6.00. The standard InChI is InChI=1S/C12H14N2O3S/c1-2-3-4-12(15)14-9-10-5-7-11(8-6-10)18(13,16)17/h1,5-8H,3-4,9H2,(H,14,15)(H2,13,16,17). The number of nitrogens with two attached hydrogens (primary N) is 1. The molecular weight excluding hydrogens is 252 g/mol. The van der Waals surface area contributed by atoms with E-state index in [2.05, 4.69) is 11.2 Å². The number of benzene rings is 1. The third kappa shape index (κ3) is 4.57. The van der Waals surface area contributed by atoms with Gasteiger partial charge in [0.15, 0.2) is 0 Å². The fourth-order valence-corrected chi connectivity index (χ4v) is 1.79. The quantitative estimate of drug-likeness (QED) is 0.754. The lowest BCUT2D eigenvalue weighted by Crippen LogP contribution is -2.22.